The van der Waals surface area contributed by atoms with Crippen molar-refractivity contribution in [2.24, 2.45) is 0 Å². The van der Waals surface area contributed by atoms with Crippen LogP contribution in [0.3, 0.4) is 0 Å². The Morgan fingerprint density at radius 2 is 1.90 bits per heavy atom. The molecule has 0 bridgehead atoms. The van der Waals surface area contributed by atoms with E-state index in [-0.39, 0.29) is 23.9 Å². The zero-order chi connectivity index (χ0) is 28.9. The Morgan fingerprint density at radius 1 is 1.20 bits per heavy atom. The minimum absolute atomic E-state index is 0.0487. The number of hydrogen-bond donors (Lipinski definition) is 2. The van der Waals surface area contributed by atoms with E-state index < -0.39 is 11.6 Å². The lowest BCUT2D eigenvalue weighted by Gasteiger charge is -2.36. The van der Waals surface area contributed by atoms with Crippen molar-refractivity contribution in [3.8, 4) is 11.4 Å². The van der Waals surface area contributed by atoms with Crippen molar-refractivity contribution in [2.75, 3.05) is 6.54 Å². The normalized spacial score (nSPS) is 15.7. The van der Waals surface area contributed by atoms with Crippen molar-refractivity contribution in [3.63, 3.8) is 0 Å². The number of nitrogens with zero attached hydrogens (tertiary/aromatic N) is 2. The molecule has 1 aromatic heterocycles. The van der Waals surface area contributed by atoms with Crippen LogP contribution in [0.15, 0.2) is 71.9 Å². The number of carbonyl (C=O) groups excluding carboxylic acids is 1. The number of ether oxygens (including phenoxy) is 1. The van der Waals surface area contributed by atoms with Crippen LogP contribution < -0.4 is 10.9 Å². The molecule has 1 amide bonds. The third-order valence-electron chi connectivity index (χ3n) is 6.90. The molecule has 1 aliphatic rings. The van der Waals surface area contributed by atoms with Gasteiger partial charge in [-0.3, -0.25) is 9.59 Å². The number of fused-ring (bicyclic) bond motifs is 1. The van der Waals surface area contributed by atoms with Crippen molar-refractivity contribution in [3.05, 3.63) is 99.3 Å². The lowest BCUT2D eigenvalue weighted by atomic mass is 9.90. The molecule has 2 N–H and O–H groups in total. The van der Waals surface area contributed by atoms with Crippen LogP contribution in [0.1, 0.15) is 69.7 Å². The van der Waals surface area contributed by atoms with Gasteiger partial charge in [0.1, 0.15) is 17.5 Å². The van der Waals surface area contributed by atoms with Crippen molar-refractivity contribution in [1.29, 1.82) is 0 Å². The van der Waals surface area contributed by atoms with Crippen LogP contribution in [0.4, 0.5) is 0 Å². The van der Waals surface area contributed by atoms with Gasteiger partial charge in [-0.25, -0.2) is 4.98 Å². The first-order chi connectivity index (χ1) is 19.0. The van der Waals surface area contributed by atoms with Crippen molar-refractivity contribution >= 4 is 17.5 Å². The van der Waals surface area contributed by atoms with Gasteiger partial charge in [-0.1, -0.05) is 61.7 Å². The Balaban J connectivity index is 1.65. The fraction of sp³-hybridized carbons (Fsp3) is 0.406. The summed E-state index contributed by atoms with van der Waals surface area (Å²) in [4.78, 5) is 37.1. The van der Waals surface area contributed by atoms with E-state index in [1.165, 1.54) is 0 Å². The number of carbonyl (C=O) groups is 1. The lowest BCUT2D eigenvalue weighted by Crippen LogP contribution is -2.51. The maximum atomic E-state index is 14.1. The van der Waals surface area contributed by atoms with E-state index in [4.69, 9.17) is 21.3 Å². The van der Waals surface area contributed by atoms with E-state index >= 15 is 0 Å². The van der Waals surface area contributed by atoms with Gasteiger partial charge in [0.15, 0.2) is 5.88 Å². The van der Waals surface area contributed by atoms with Crippen LogP contribution in [0.2, 0.25) is 5.02 Å². The van der Waals surface area contributed by atoms with Crippen molar-refractivity contribution < 1.29 is 9.53 Å². The zero-order valence-corrected chi connectivity index (χ0v) is 24.6. The van der Waals surface area contributed by atoms with Gasteiger partial charge in [-0.15, -0.1) is 0 Å². The molecule has 0 aliphatic carbocycles. The first kappa shape index (κ1) is 29.4. The summed E-state index contributed by atoms with van der Waals surface area (Å²) in [7, 11) is 0. The number of aromatic amines is 1. The highest BCUT2D eigenvalue weighted by Crippen LogP contribution is 2.31. The summed E-state index contributed by atoms with van der Waals surface area (Å²) in [6, 6.07) is 16.5. The highest BCUT2D eigenvalue weighted by Gasteiger charge is 2.35. The molecule has 2 atom stereocenters. The van der Waals surface area contributed by atoms with Crippen LogP contribution in [0.5, 0.6) is 0 Å². The molecule has 0 saturated heterocycles. The summed E-state index contributed by atoms with van der Waals surface area (Å²) in [6.07, 6.45) is 3.27. The third kappa shape index (κ3) is 7.54. The number of unbranched alkanes of at least 4 members (excludes halogenated alkanes) is 1. The number of halogens is 1. The van der Waals surface area contributed by atoms with E-state index in [1.54, 1.807) is 17.0 Å². The quantitative estimate of drug-likeness (QED) is 0.288. The molecule has 212 valence electrons. The average molecular weight is 563 g/mol. The molecule has 0 spiro atoms. The first-order valence-corrected chi connectivity index (χ1v) is 14.3. The standard InChI is InChI=1S/C32H39ClN4O3/c1-6-7-13-24-19-37(20-26-28(24)35-29(36-30(26)38)23-14-16-25(33)17-15-23)31(39)27(18-22-11-9-8-10-12-22)34-21(2)40-32(3,4)5/h8-12,14-17,24,27,34H,2,6-7,13,18-20H2,1,3-5H3,(H,35,36,38)/t24?,27-/m0/s1. The Bertz CT molecular complexity index is 1380. The highest BCUT2D eigenvalue weighted by atomic mass is 35.5. The Labute approximate surface area is 241 Å². The Hall–Kier alpha value is -3.58. The molecule has 0 saturated carbocycles. The number of benzene rings is 2. The lowest BCUT2D eigenvalue weighted by molar-refractivity contribution is -0.135. The van der Waals surface area contributed by atoms with E-state index in [1.807, 2.05) is 63.2 Å². The number of H-pyrrole nitrogens is 1. The van der Waals surface area contributed by atoms with E-state index in [0.717, 1.165) is 36.1 Å². The molecular weight excluding hydrogens is 524 g/mol. The molecule has 2 heterocycles. The Kier molecular flexibility index (Phi) is 9.36. The predicted molar refractivity (Wildman–Crippen MR) is 160 cm³/mol. The molecule has 2 aromatic carbocycles. The second-order valence-electron chi connectivity index (χ2n) is 11.4. The third-order valence-corrected chi connectivity index (χ3v) is 7.16. The topological polar surface area (TPSA) is 87.3 Å². The number of amides is 1. The second-order valence-corrected chi connectivity index (χ2v) is 11.8. The van der Waals surface area contributed by atoms with Crippen LogP contribution in [-0.2, 0) is 22.5 Å². The van der Waals surface area contributed by atoms with E-state index in [2.05, 4.69) is 23.8 Å². The summed E-state index contributed by atoms with van der Waals surface area (Å²) in [6.45, 7) is 12.6. The molecular formula is C32H39ClN4O3. The Morgan fingerprint density at radius 3 is 2.55 bits per heavy atom. The predicted octanol–water partition coefficient (Wildman–Crippen LogP) is 6.19. The molecule has 8 heteroatoms. The number of hydrogen-bond acceptors (Lipinski definition) is 5. The summed E-state index contributed by atoms with van der Waals surface area (Å²) in [5.41, 5.74) is 2.45. The molecule has 3 aromatic rings. The SMILES string of the molecule is C=C(N[C@@H](Cc1ccccc1)C(=O)N1Cc2c(nc(-c3ccc(Cl)cc3)[nH]c2=O)C(CCCC)C1)OC(C)(C)C. The number of rotatable bonds is 10. The van der Waals surface area contributed by atoms with Crippen LogP contribution in [0.25, 0.3) is 11.4 Å². The van der Waals surface area contributed by atoms with Gasteiger partial charge < -0.3 is 19.9 Å². The van der Waals surface area contributed by atoms with Gasteiger partial charge in [0.2, 0.25) is 5.91 Å². The number of aromatic nitrogens is 2. The van der Waals surface area contributed by atoms with Gasteiger partial charge >= 0.3 is 0 Å². The van der Waals surface area contributed by atoms with Gasteiger partial charge in [0.25, 0.3) is 5.56 Å². The molecule has 0 radical (unpaired) electrons. The second kappa shape index (κ2) is 12.7. The fourth-order valence-electron chi connectivity index (χ4n) is 5.07. The summed E-state index contributed by atoms with van der Waals surface area (Å²) in [5.74, 6) is 0.707. The monoisotopic (exact) mass is 562 g/mol. The summed E-state index contributed by atoms with van der Waals surface area (Å²) < 4.78 is 5.91. The molecule has 1 unspecified atom stereocenters. The molecule has 4 rings (SSSR count). The van der Waals surface area contributed by atoms with Gasteiger partial charge in [0.05, 0.1) is 17.8 Å². The largest absolute Gasteiger partial charge is 0.474 e. The number of nitrogens with one attached hydrogen (secondary N) is 2. The van der Waals surface area contributed by atoms with Crippen LogP contribution in [0, 0.1) is 0 Å². The van der Waals surface area contributed by atoms with Crippen molar-refractivity contribution in [2.45, 2.75) is 77.5 Å². The molecule has 40 heavy (non-hydrogen) atoms. The maximum absolute atomic E-state index is 14.1. The van der Waals surface area contributed by atoms with Gasteiger partial charge in [0, 0.05) is 29.5 Å². The summed E-state index contributed by atoms with van der Waals surface area (Å²) in [5, 5.41) is 3.85. The van der Waals surface area contributed by atoms with E-state index in [0.29, 0.717) is 35.3 Å². The smallest absolute Gasteiger partial charge is 0.256 e. The zero-order valence-electron chi connectivity index (χ0n) is 23.8. The fourth-order valence-corrected chi connectivity index (χ4v) is 5.19. The van der Waals surface area contributed by atoms with E-state index in [9.17, 15) is 9.59 Å². The highest BCUT2D eigenvalue weighted by molar-refractivity contribution is 6.30. The first-order valence-electron chi connectivity index (χ1n) is 13.9. The van der Waals surface area contributed by atoms with Crippen LogP contribution in [-0.4, -0.2) is 39.0 Å². The van der Waals surface area contributed by atoms with Gasteiger partial charge in [-0.2, -0.15) is 0 Å². The minimum atomic E-state index is -0.606. The molecule has 1 aliphatic heterocycles. The molecule has 0 fully saturated rings. The minimum Gasteiger partial charge on any atom is -0.474 e. The van der Waals surface area contributed by atoms with Gasteiger partial charge in [-0.05, 0) is 63.6 Å². The van der Waals surface area contributed by atoms with Crippen molar-refractivity contribution in [1.82, 2.24) is 20.2 Å². The molecule has 7 nitrogen and oxygen atoms in total. The average Bonchev–Trinajstić information content (AvgIpc) is 2.91. The summed E-state index contributed by atoms with van der Waals surface area (Å²) >= 11 is 6.06. The maximum Gasteiger partial charge on any atom is 0.256 e. The van der Waals surface area contributed by atoms with Crippen LogP contribution >= 0.6 is 11.6 Å².